The van der Waals surface area contributed by atoms with Gasteiger partial charge in [-0.1, -0.05) is 0 Å². The summed E-state index contributed by atoms with van der Waals surface area (Å²) in [4.78, 5) is 25.1. The zero-order chi connectivity index (χ0) is 17.0. The number of amides is 1. The Bertz CT molecular complexity index is 576. The summed E-state index contributed by atoms with van der Waals surface area (Å²) >= 11 is 0. The van der Waals surface area contributed by atoms with Crippen molar-refractivity contribution in [2.75, 3.05) is 11.9 Å². The summed E-state index contributed by atoms with van der Waals surface area (Å²) in [5, 5.41) is 21.9. The summed E-state index contributed by atoms with van der Waals surface area (Å²) in [6, 6.07) is 5.35. The Labute approximate surface area is 136 Å². The van der Waals surface area contributed by atoms with Gasteiger partial charge in [0.25, 0.3) is 0 Å². The minimum absolute atomic E-state index is 0.00733. The molecule has 2 rings (SSSR count). The molecule has 0 aliphatic carbocycles. The van der Waals surface area contributed by atoms with Gasteiger partial charge in [-0.3, -0.25) is 14.5 Å². The second kappa shape index (κ2) is 7.68. The summed E-state index contributed by atoms with van der Waals surface area (Å²) in [7, 11) is 0. The fraction of sp³-hybridized carbons (Fsp3) is 0.529. The van der Waals surface area contributed by atoms with Gasteiger partial charge in [-0.15, -0.1) is 0 Å². The zero-order valence-electron chi connectivity index (χ0n) is 13.6. The number of benzene rings is 1. The number of anilines is 1. The number of carbonyl (C=O) groups is 2. The number of fused-ring (bicyclic) bond motifs is 1. The van der Waals surface area contributed by atoms with Crippen LogP contribution in [0.1, 0.15) is 49.0 Å². The van der Waals surface area contributed by atoms with Crippen LogP contribution < -0.4 is 5.32 Å². The lowest BCUT2D eigenvalue weighted by Gasteiger charge is -2.27. The molecular formula is C17H24N2O4. The molecule has 1 aromatic carbocycles. The van der Waals surface area contributed by atoms with Crippen LogP contribution in [-0.4, -0.2) is 45.8 Å². The van der Waals surface area contributed by atoms with Crippen molar-refractivity contribution < 1.29 is 19.8 Å². The second-order valence-corrected chi connectivity index (χ2v) is 5.95. The quantitative estimate of drug-likeness (QED) is 0.523. The number of nitrogens with zero attached hydrogens (tertiary/aromatic N) is 1. The molecule has 0 aromatic heterocycles. The van der Waals surface area contributed by atoms with E-state index in [2.05, 4.69) is 5.32 Å². The second-order valence-electron chi connectivity index (χ2n) is 5.95. The smallest absolute Gasteiger partial charge is 0.224 e. The number of aryl methyl sites for hydroxylation is 1. The van der Waals surface area contributed by atoms with E-state index in [1.165, 1.54) is 4.90 Å². The summed E-state index contributed by atoms with van der Waals surface area (Å²) in [5.41, 5.74) is 2.41. The van der Waals surface area contributed by atoms with Crippen molar-refractivity contribution in [2.24, 2.45) is 0 Å². The van der Waals surface area contributed by atoms with Gasteiger partial charge in [-0.05, 0) is 50.5 Å². The van der Waals surface area contributed by atoms with E-state index < -0.39 is 12.5 Å². The fourth-order valence-corrected chi connectivity index (χ4v) is 2.81. The highest BCUT2D eigenvalue weighted by Crippen LogP contribution is 2.24. The van der Waals surface area contributed by atoms with E-state index in [0.29, 0.717) is 37.8 Å². The maximum atomic E-state index is 12.3. The van der Waals surface area contributed by atoms with Crippen LogP contribution in [0.15, 0.2) is 18.2 Å². The highest BCUT2D eigenvalue weighted by atomic mass is 16.3. The van der Waals surface area contributed by atoms with Crippen molar-refractivity contribution in [3.05, 3.63) is 29.3 Å². The maximum absolute atomic E-state index is 12.3. The van der Waals surface area contributed by atoms with Crippen molar-refractivity contribution in [3.8, 4) is 0 Å². The number of aliphatic hydroxyl groups excluding tert-OH is 2. The standard InChI is InChI=1S/C17H24N2O4/c1-11(20)19(12(2)21)9-3-4-16(22)14-5-7-15-13(10-14)6-8-17(23)18-15/h5,7,10-12,20-21H,3-4,6,8-9H2,1-2H3,(H,18,23). The number of carbonyl (C=O) groups excluding carboxylic acids is 2. The maximum Gasteiger partial charge on any atom is 0.224 e. The third kappa shape index (κ3) is 4.60. The van der Waals surface area contributed by atoms with Crippen molar-refractivity contribution in [3.63, 3.8) is 0 Å². The third-order valence-electron chi connectivity index (χ3n) is 4.10. The number of hydrogen-bond donors (Lipinski definition) is 3. The van der Waals surface area contributed by atoms with Gasteiger partial charge < -0.3 is 15.5 Å². The van der Waals surface area contributed by atoms with Crippen LogP contribution in [0.3, 0.4) is 0 Å². The third-order valence-corrected chi connectivity index (χ3v) is 4.10. The van der Waals surface area contributed by atoms with Crippen LogP contribution >= 0.6 is 0 Å². The lowest BCUT2D eigenvalue weighted by atomic mass is 9.97. The Balaban J connectivity index is 1.92. The molecule has 2 unspecified atom stereocenters. The van der Waals surface area contributed by atoms with Gasteiger partial charge in [-0.2, -0.15) is 0 Å². The molecule has 6 nitrogen and oxygen atoms in total. The number of aliphatic hydroxyl groups is 2. The van der Waals surface area contributed by atoms with Crippen LogP contribution in [0.4, 0.5) is 5.69 Å². The molecule has 0 radical (unpaired) electrons. The molecule has 2 atom stereocenters. The number of Topliss-reactive ketones (excluding diaryl/α,β-unsaturated/α-hetero) is 1. The lowest BCUT2D eigenvalue weighted by Crippen LogP contribution is -2.40. The SMILES string of the molecule is CC(O)N(CCCC(=O)c1ccc2c(c1)CCC(=O)N2)C(C)O. The van der Waals surface area contributed by atoms with Gasteiger partial charge in [0, 0.05) is 30.6 Å². The van der Waals surface area contributed by atoms with Crippen molar-refractivity contribution >= 4 is 17.4 Å². The van der Waals surface area contributed by atoms with Crippen LogP contribution in [-0.2, 0) is 11.2 Å². The first-order chi connectivity index (χ1) is 10.9. The van der Waals surface area contributed by atoms with E-state index in [9.17, 15) is 19.8 Å². The molecule has 3 N–H and O–H groups in total. The van der Waals surface area contributed by atoms with E-state index in [0.717, 1.165) is 11.3 Å². The van der Waals surface area contributed by atoms with Gasteiger partial charge in [-0.25, -0.2) is 0 Å². The molecule has 1 heterocycles. The zero-order valence-corrected chi connectivity index (χ0v) is 13.6. The first-order valence-corrected chi connectivity index (χ1v) is 7.96. The Hall–Kier alpha value is -1.76. The van der Waals surface area contributed by atoms with Gasteiger partial charge in [0.2, 0.25) is 5.91 Å². The lowest BCUT2D eigenvalue weighted by molar-refractivity contribution is -0.116. The van der Waals surface area contributed by atoms with Crippen molar-refractivity contribution in [1.82, 2.24) is 4.90 Å². The van der Waals surface area contributed by atoms with Crippen molar-refractivity contribution in [1.29, 1.82) is 0 Å². The molecule has 23 heavy (non-hydrogen) atoms. The van der Waals surface area contributed by atoms with E-state index in [-0.39, 0.29) is 11.7 Å². The van der Waals surface area contributed by atoms with Crippen LogP contribution in [0.25, 0.3) is 0 Å². The Morgan fingerprint density at radius 2 is 1.96 bits per heavy atom. The molecule has 1 amide bonds. The van der Waals surface area contributed by atoms with E-state index in [1.54, 1.807) is 26.0 Å². The van der Waals surface area contributed by atoms with Crippen LogP contribution in [0, 0.1) is 0 Å². The van der Waals surface area contributed by atoms with Gasteiger partial charge in [0.05, 0.1) is 0 Å². The first kappa shape index (κ1) is 17.6. The Morgan fingerprint density at radius 3 is 2.61 bits per heavy atom. The summed E-state index contributed by atoms with van der Waals surface area (Å²) in [6.45, 7) is 3.63. The van der Waals surface area contributed by atoms with Crippen LogP contribution in [0.5, 0.6) is 0 Å². The molecule has 0 saturated heterocycles. The monoisotopic (exact) mass is 320 g/mol. The average molecular weight is 320 g/mol. The Morgan fingerprint density at radius 1 is 1.26 bits per heavy atom. The minimum atomic E-state index is -0.752. The van der Waals surface area contributed by atoms with Crippen molar-refractivity contribution in [2.45, 2.75) is 52.0 Å². The summed E-state index contributed by atoms with van der Waals surface area (Å²) in [6.07, 6.45) is 0.501. The van der Waals surface area contributed by atoms with Crippen LogP contribution in [0.2, 0.25) is 0 Å². The fourth-order valence-electron chi connectivity index (χ4n) is 2.81. The van der Waals surface area contributed by atoms with Gasteiger partial charge in [0.1, 0.15) is 12.5 Å². The molecule has 0 fully saturated rings. The van der Waals surface area contributed by atoms with Gasteiger partial charge in [0.15, 0.2) is 5.78 Å². The van der Waals surface area contributed by atoms with Gasteiger partial charge >= 0.3 is 0 Å². The molecule has 126 valence electrons. The molecule has 0 bridgehead atoms. The summed E-state index contributed by atoms with van der Waals surface area (Å²) in [5.74, 6) is 0.0359. The summed E-state index contributed by atoms with van der Waals surface area (Å²) < 4.78 is 0. The number of ketones is 1. The normalized spacial score (nSPS) is 16.7. The van der Waals surface area contributed by atoms with E-state index >= 15 is 0 Å². The minimum Gasteiger partial charge on any atom is -0.379 e. The molecular weight excluding hydrogens is 296 g/mol. The molecule has 1 aliphatic rings. The average Bonchev–Trinajstić information content (AvgIpc) is 2.49. The predicted octanol–water partition coefficient (Wildman–Crippen LogP) is 1.51. The molecule has 6 heteroatoms. The first-order valence-electron chi connectivity index (χ1n) is 7.96. The Kier molecular flexibility index (Phi) is 5.87. The molecule has 1 aliphatic heterocycles. The number of hydrogen-bond acceptors (Lipinski definition) is 5. The number of rotatable bonds is 7. The topological polar surface area (TPSA) is 89.9 Å². The highest BCUT2D eigenvalue weighted by molar-refractivity contribution is 5.98. The number of nitrogens with one attached hydrogen (secondary N) is 1. The largest absolute Gasteiger partial charge is 0.379 e. The van der Waals surface area contributed by atoms with E-state index in [1.807, 2.05) is 6.07 Å². The predicted molar refractivity (Wildman–Crippen MR) is 87.0 cm³/mol. The molecule has 0 saturated carbocycles. The molecule has 1 aromatic rings. The molecule has 0 spiro atoms. The highest BCUT2D eigenvalue weighted by Gasteiger charge is 2.18. The van der Waals surface area contributed by atoms with E-state index in [4.69, 9.17) is 0 Å².